The van der Waals surface area contributed by atoms with Gasteiger partial charge in [-0.25, -0.2) is 9.18 Å². The number of ether oxygens (including phenoxy) is 3. The van der Waals surface area contributed by atoms with Gasteiger partial charge in [0.2, 0.25) is 6.41 Å². The molecular weight excluding hydrogens is 551 g/mol. The van der Waals surface area contributed by atoms with Crippen molar-refractivity contribution >= 4 is 6.09 Å². The first kappa shape index (κ1) is 36.5. The number of rotatable bonds is 4. The Morgan fingerprint density at radius 3 is 1.74 bits per heavy atom. The molecule has 1 unspecified atom stereocenters. The number of aliphatic hydroxyl groups excluding tert-OH is 2. The summed E-state index contributed by atoms with van der Waals surface area (Å²) < 4.78 is 28.9. The Bertz CT molecular complexity index is 1050. The largest absolute Gasteiger partial charge is 0.490 e. The van der Waals surface area contributed by atoms with Crippen molar-refractivity contribution < 1.29 is 33.6 Å². The van der Waals surface area contributed by atoms with Crippen LogP contribution in [0.1, 0.15) is 78.4 Å². The van der Waals surface area contributed by atoms with Crippen LogP contribution < -0.4 is 4.74 Å². The summed E-state index contributed by atoms with van der Waals surface area (Å²) in [6.07, 6.45) is 1.96. The highest BCUT2D eigenvalue weighted by Crippen LogP contribution is 2.22. The van der Waals surface area contributed by atoms with Gasteiger partial charge >= 0.3 is 6.09 Å². The van der Waals surface area contributed by atoms with Crippen molar-refractivity contribution in [3.05, 3.63) is 65.5 Å². The number of nitrogens with zero attached hydrogens (tertiary/aromatic N) is 2. The lowest BCUT2D eigenvalue weighted by Gasteiger charge is -2.37. The quantitative estimate of drug-likeness (QED) is 0.388. The van der Waals surface area contributed by atoms with E-state index in [0.717, 1.165) is 37.2 Å². The van der Waals surface area contributed by atoms with E-state index >= 15 is 0 Å². The molecule has 9 heteroatoms. The van der Waals surface area contributed by atoms with Gasteiger partial charge in [0.15, 0.2) is 0 Å². The molecule has 2 aliphatic rings. The molecule has 2 aromatic carbocycles. The van der Waals surface area contributed by atoms with Crippen molar-refractivity contribution in [3.8, 4) is 5.75 Å². The molecule has 4 rings (SSSR count). The molecule has 43 heavy (non-hydrogen) atoms. The van der Waals surface area contributed by atoms with E-state index < -0.39 is 12.0 Å². The average Bonchev–Trinajstić information content (AvgIpc) is 2.91. The monoisotopic (exact) mass is 604 g/mol. The van der Waals surface area contributed by atoms with Crippen LogP contribution in [-0.2, 0) is 9.47 Å². The summed E-state index contributed by atoms with van der Waals surface area (Å²) in [6.45, 7) is 18.2. The minimum Gasteiger partial charge on any atom is -0.490 e. The second-order valence-electron chi connectivity index (χ2n) is 13.2. The highest BCUT2D eigenvalue weighted by Gasteiger charge is 2.28. The van der Waals surface area contributed by atoms with Gasteiger partial charge < -0.3 is 29.3 Å². The van der Waals surface area contributed by atoms with E-state index in [9.17, 15) is 19.4 Å². The Labute approximate surface area is 257 Å². The Morgan fingerprint density at radius 1 is 0.814 bits per heavy atom. The van der Waals surface area contributed by atoms with Crippen molar-refractivity contribution in [2.45, 2.75) is 111 Å². The number of aryl methyl sites for hydroxylation is 2. The summed E-state index contributed by atoms with van der Waals surface area (Å²) in [6, 6.07) is 14.5. The lowest BCUT2D eigenvalue weighted by molar-refractivity contribution is -0.244. The zero-order valence-corrected chi connectivity index (χ0v) is 27.3. The van der Waals surface area contributed by atoms with Crippen molar-refractivity contribution in [1.29, 1.82) is 0 Å². The summed E-state index contributed by atoms with van der Waals surface area (Å²) in [4.78, 5) is 15.2. The molecule has 0 spiro atoms. The average molecular weight is 605 g/mol. The number of hydrogen-bond acceptors (Lipinski definition) is 7. The maximum absolute atomic E-state index is 12.1. The van der Waals surface area contributed by atoms with Crippen LogP contribution in [0.25, 0.3) is 0 Å². The molecule has 2 heterocycles. The predicted molar refractivity (Wildman–Crippen MR) is 167 cm³/mol. The number of carbonyl (C=O) groups is 1. The van der Waals surface area contributed by atoms with E-state index in [1.807, 2.05) is 65.5 Å². The van der Waals surface area contributed by atoms with Crippen LogP contribution in [0.4, 0.5) is 9.18 Å². The first-order valence-corrected chi connectivity index (χ1v) is 15.2. The molecule has 2 aliphatic heterocycles. The fourth-order valence-electron chi connectivity index (χ4n) is 4.32. The lowest BCUT2D eigenvalue weighted by atomic mass is 10.1. The Balaban J connectivity index is 0.000000251. The summed E-state index contributed by atoms with van der Waals surface area (Å²) >= 11 is 0. The fraction of sp³-hybridized carbons (Fsp3) is 0.618. The maximum atomic E-state index is 12.1. The van der Waals surface area contributed by atoms with Gasteiger partial charge in [-0.2, -0.15) is 0 Å². The Hall–Kier alpha value is -2.72. The molecule has 0 aromatic heterocycles. The van der Waals surface area contributed by atoms with E-state index in [2.05, 4.69) is 19.1 Å². The standard InChI is InChI=1S/C17H27NO3.C10H19NO3.C7H7F/c1-13-5-7-14(8-6-13)20-15-9-11-18(12-10-15)16(19)21-17(2,3)4;1-10(2,3)14-9(13)11-6-4-8(12)5-7-11;1-6-2-4-7(8)5-3-6/h5-8,15-16,19H,9-12H2,1-4H3;8,12H,4-7H2,1-3H3;2-5H,1H3. The minimum absolute atomic E-state index is 0.171. The molecule has 2 saturated heterocycles. The molecule has 8 nitrogen and oxygen atoms in total. The van der Waals surface area contributed by atoms with Gasteiger partial charge in [-0.3, -0.25) is 4.90 Å². The summed E-state index contributed by atoms with van der Waals surface area (Å²) in [7, 11) is 0. The van der Waals surface area contributed by atoms with Gasteiger partial charge in [0.1, 0.15) is 23.3 Å². The van der Waals surface area contributed by atoms with Crippen LogP contribution in [-0.4, -0.2) is 82.1 Å². The number of piperidine rings is 2. The molecule has 242 valence electrons. The molecule has 0 radical (unpaired) electrons. The number of hydrogen-bond donors (Lipinski definition) is 2. The van der Waals surface area contributed by atoms with E-state index in [1.165, 1.54) is 17.7 Å². The maximum Gasteiger partial charge on any atom is 0.410 e. The molecule has 2 aromatic rings. The van der Waals surface area contributed by atoms with Crippen LogP contribution in [0.2, 0.25) is 0 Å². The summed E-state index contributed by atoms with van der Waals surface area (Å²) in [5, 5.41) is 19.3. The third kappa shape index (κ3) is 15.5. The topological polar surface area (TPSA) is 91.7 Å². The third-order valence-corrected chi connectivity index (χ3v) is 6.70. The lowest BCUT2D eigenvalue weighted by Crippen LogP contribution is -2.47. The summed E-state index contributed by atoms with van der Waals surface area (Å²) in [5.74, 6) is 0.751. The molecule has 2 N–H and O–H groups in total. The van der Waals surface area contributed by atoms with Gasteiger partial charge in [0.05, 0.1) is 11.7 Å². The van der Waals surface area contributed by atoms with E-state index in [0.29, 0.717) is 25.9 Å². The minimum atomic E-state index is -0.828. The van der Waals surface area contributed by atoms with E-state index in [1.54, 1.807) is 17.0 Å². The number of likely N-dealkylation sites (tertiary alicyclic amines) is 2. The highest BCUT2D eigenvalue weighted by atomic mass is 19.1. The number of carbonyl (C=O) groups excluding carboxylic acids is 1. The predicted octanol–water partition coefficient (Wildman–Crippen LogP) is 6.44. The molecule has 0 bridgehead atoms. The second-order valence-corrected chi connectivity index (χ2v) is 13.2. The molecule has 0 aliphatic carbocycles. The molecular formula is C34H53FN2O6. The van der Waals surface area contributed by atoms with Crippen LogP contribution >= 0.6 is 0 Å². The van der Waals surface area contributed by atoms with Crippen molar-refractivity contribution in [2.24, 2.45) is 0 Å². The van der Waals surface area contributed by atoms with Gasteiger partial charge in [0, 0.05) is 26.2 Å². The van der Waals surface area contributed by atoms with Gasteiger partial charge in [0.25, 0.3) is 0 Å². The zero-order valence-electron chi connectivity index (χ0n) is 27.3. The van der Waals surface area contributed by atoms with Gasteiger partial charge in [-0.05, 0) is 105 Å². The van der Waals surface area contributed by atoms with Gasteiger partial charge in [-0.1, -0.05) is 35.4 Å². The first-order chi connectivity index (χ1) is 20.0. The molecule has 1 amide bonds. The smallest absolute Gasteiger partial charge is 0.410 e. The van der Waals surface area contributed by atoms with Crippen LogP contribution in [0.15, 0.2) is 48.5 Å². The fourth-order valence-corrected chi connectivity index (χ4v) is 4.32. The normalized spacial score (nSPS) is 17.6. The first-order valence-electron chi connectivity index (χ1n) is 15.2. The SMILES string of the molecule is CC(C)(C)OC(=O)N1CCC(O)CC1.Cc1ccc(F)cc1.Cc1ccc(OC2CCN(C(O)OC(C)(C)C)CC2)cc1. The Kier molecular flexibility index (Phi) is 14.4. The number of amides is 1. The van der Waals surface area contributed by atoms with Crippen molar-refractivity contribution in [1.82, 2.24) is 9.80 Å². The summed E-state index contributed by atoms with van der Waals surface area (Å²) in [5.41, 5.74) is 1.55. The van der Waals surface area contributed by atoms with Crippen LogP contribution in [0.5, 0.6) is 5.75 Å². The number of aliphatic hydroxyl groups is 2. The molecule has 0 saturated carbocycles. The Morgan fingerprint density at radius 2 is 1.30 bits per heavy atom. The number of halogens is 1. The van der Waals surface area contributed by atoms with Gasteiger partial charge in [-0.15, -0.1) is 0 Å². The van der Waals surface area contributed by atoms with Crippen molar-refractivity contribution in [2.75, 3.05) is 26.2 Å². The third-order valence-electron chi connectivity index (χ3n) is 6.70. The van der Waals surface area contributed by atoms with Crippen LogP contribution in [0, 0.1) is 19.7 Å². The second kappa shape index (κ2) is 16.9. The molecule has 1 atom stereocenters. The highest BCUT2D eigenvalue weighted by molar-refractivity contribution is 5.68. The van der Waals surface area contributed by atoms with E-state index in [4.69, 9.17) is 14.2 Å². The van der Waals surface area contributed by atoms with Crippen LogP contribution in [0.3, 0.4) is 0 Å². The van der Waals surface area contributed by atoms with E-state index in [-0.39, 0.29) is 29.7 Å². The molecule has 2 fully saturated rings. The number of benzene rings is 2. The zero-order chi connectivity index (χ0) is 32.2. The van der Waals surface area contributed by atoms with Crippen molar-refractivity contribution in [3.63, 3.8) is 0 Å².